The summed E-state index contributed by atoms with van der Waals surface area (Å²) in [5.74, 6) is -0.635. The van der Waals surface area contributed by atoms with E-state index in [9.17, 15) is 40.2 Å². The van der Waals surface area contributed by atoms with Crippen LogP contribution in [0, 0.1) is 28.6 Å². The Hall–Kier alpha value is -1.56. The summed E-state index contributed by atoms with van der Waals surface area (Å²) in [6.45, 7) is 3.57. The van der Waals surface area contributed by atoms with Crippen LogP contribution >= 0.6 is 0 Å². The topological polar surface area (TPSA) is 211 Å². The molecule has 0 radical (unpaired) electrons. The van der Waals surface area contributed by atoms with Crippen molar-refractivity contribution in [2.24, 2.45) is 28.6 Å². The molecule has 3 aliphatic heterocycles. The van der Waals surface area contributed by atoms with Crippen LogP contribution in [0.2, 0.25) is 0 Å². The van der Waals surface area contributed by atoms with E-state index in [1.54, 1.807) is 13.0 Å². The van der Waals surface area contributed by atoms with E-state index in [-0.39, 0.29) is 43.2 Å². The molecular weight excluding hydrogens is 656 g/mol. The molecule has 0 amide bonds. The third-order valence-electron chi connectivity index (χ3n) is 14.2. The molecule has 7 aliphatic rings. The summed E-state index contributed by atoms with van der Waals surface area (Å²) in [5, 5.41) is 65.3. The minimum absolute atomic E-state index is 0.0352. The van der Waals surface area contributed by atoms with Gasteiger partial charge in [-0.1, -0.05) is 6.92 Å². The van der Waals surface area contributed by atoms with Crippen molar-refractivity contribution in [2.45, 2.75) is 151 Å². The van der Waals surface area contributed by atoms with E-state index in [1.165, 1.54) is 7.11 Å². The number of hydrogen-bond donors (Lipinski definition) is 6. The van der Waals surface area contributed by atoms with Crippen molar-refractivity contribution >= 4 is 12.3 Å². The van der Waals surface area contributed by atoms with Crippen LogP contribution in [0.1, 0.15) is 78.1 Å². The van der Waals surface area contributed by atoms with E-state index in [1.807, 2.05) is 0 Å². The highest BCUT2D eigenvalue weighted by molar-refractivity contribution is 5.85. The summed E-state index contributed by atoms with van der Waals surface area (Å²) < 4.78 is 35.2. The average molecular weight is 711 g/mol. The Bertz CT molecular complexity index is 1330. The van der Waals surface area contributed by atoms with Crippen molar-refractivity contribution in [2.75, 3.05) is 20.3 Å². The lowest BCUT2D eigenvalue weighted by atomic mass is 9.41. The highest BCUT2D eigenvalue weighted by Gasteiger charge is 2.71. The van der Waals surface area contributed by atoms with Gasteiger partial charge in [-0.25, -0.2) is 4.79 Å². The standard InChI is InChI=1S/C36H54O14/c1-18-31(50-32-30(42)29(41)28(40)25(15-37)49-32)24(45-3)13-27(47-18)48-20-4-9-34(17-38)22-5-8-33(2)21(19-12-26(39)46-16-19)7-11-36(33,44)23(22)6-10-35(34,43)14-20/h12,17-18,20-25,27-32,37,40-44H,4-11,13-16H2,1-3H3/t18?,20?,21?,22-,23+,24?,25?,27?,28?,29?,30?,31?,32?,33?,34?,35?,36?/m0/s1. The van der Waals surface area contributed by atoms with Gasteiger partial charge >= 0.3 is 5.97 Å². The van der Waals surface area contributed by atoms with Crippen LogP contribution in [-0.2, 0) is 38.0 Å². The molecule has 282 valence electrons. The van der Waals surface area contributed by atoms with Gasteiger partial charge in [0, 0.05) is 31.4 Å². The largest absolute Gasteiger partial charge is 0.458 e. The zero-order valence-corrected chi connectivity index (χ0v) is 29.1. The van der Waals surface area contributed by atoms with Gasteiger partial charge in [0.1, 0.15) is 43.4 Å². The summed E-state index contributed by atoms with van der Waals surface area (Å²) in [6, 6.07) is 0. The molecule has 14 nitrogen and oxygen atoms in total. The Morgan fingerprint density at radius 1 is 0.960 bits per heavy atom. The first-order valence-electron chi connectivity index (χ1n) is 18.3. The Balaban J connectivity index is 1.01. The third kappa shape index (κ3) is 5.55. The van der Waals surface area contributed by atoms with Crippen LogP contribution < -0.4 is 0 Å². The highest BCUT2D eigenvalue weighted by atomic mass is 16.7. The first-order chi connectivity index (χ1) is 23.7. The number of rotatable bonds is 8. The molecule has 7 rings (SSSR count). The predicted molar refractivity (Wildman–Crippen MR) is 171 cm³/mol. The summed E-state index contributed by atoms with van der Waals surface area (Å²) in [4.78, 5) is 25.1. The van der Waals surface area contributed by atoms with Crippen LogP contribution in [0.25, 0.3) is 0 Å². The van der Waals surface area contributed by atoms with Gasteiger partial charge in [0.05, 0.1) is 41.5 Å². The number of hydrogen-bond acceptors (Lipinski definition) is 14. The summed E-state index contributed by atoms with van der Waals surface area (Å²) in [6.07, 6.45) is -2.52. The second-order valence-corrected chi connectivity index (χ2v) is 16.3. The van der Waals surface area contributed by atoms with Crippen molar-refractivity contribution in [1.29, 1.82) is 0 Å². The molecule has 17 atom stereocenters. The molecular formula is C36H54O14. The smallest absolute Gasteiger partial charge is 0.331 e. The SMILES string of the molecule is COC1CC(OC2CCC3(C=O)[C@H]4CCC5(C)C(C6=CC(=O)OC6)CCC5(O)[C@@H]4CCC3(O)C2)OC(C)C1OC1OC(CO)C(O)C(O)C1O. The van der Waals surface area contributed by atoms with Crippen molar-refractivity contribution in [3.8, 4) is 0 Å². The molecule has 0 bridgehead atoms. The van der Waals surface area contributed by atoms with Crippen molar-refractivity contribution in [3.63, 3.8) is 0 Å². The van der Waals surface area contributed by atoms with E-state index in [4.69, 9.17) is 28.4 Å². The first-order valence-corrected chi connectivity index (χ1v) is 18.3. The van der Waals surface area contributed by atoms with Crippen molar-refractivity contribution in [3.05, 3.63) is 11.6 Å². The maximum atomic E-state index is 13.2. The van der Waals surface area contributed by atoms with Gasteiger partial charge in [0.25, 0.3) is 0 Å². The van der Waals surface area contributed by atoms with Gasteiger partial charge in [0.15, 0.2) is 12.6 Å². The van der Waals surface area contributed by atoms with Gasteiger partial charge in [0.2, 0.25) is 0 Å². The maximum Gasteiger partial charge on any atom is 0.331 e. The Labute approximate surface area is 292 Å². The second kappa shape index (κ2) is 13.4. The highest BCUT2D eigenvalue weighted by Crippen LogP contribution is 2.70. The van der Waals surface area contributed by atoms with Crippen LogP contribution in [-0.4, -0.2) is 136 Å². The van der Waals surface area contributed by atoms with Gasteiger partial charge in [-0.2, -0.15) is 0 Å². The number of carbonyl (C=O) groups is 2. The number of methoxy groups -OCH3 is 1. The fourth-order valence-electron chi connectivity index (χ4n) is 11.5. The molecule has 0 aromatic heterocycles. The zero-order valence-electron chi connectivity index (χ0n) is 29.1. The summed E-state index contributed by atoms with van der Waals surface area (Å²) >= 11 is 0. The van der Waals surface area contributed by atoms with Crippen molar-refractivity contribution < 1.29 is 68.6 Å². The van der Waals surface area contributed by atoms with Gasteiger partial charge in [-0.3, -0.25) is 0 Å². The lowest BCUT2D eigenvalue weighted by Gasteiger charge is -2.65. The number of aliphatic hydroxyl groups excluding tert-OH is 4. The fraction of sp³-hybridized carbons (Fsp3) is 0.889. The van der Waals surface area contributed by atoms with Crippen molar-refractivity contribution in [1.82, 2.24) is 0 Å². The first kappa shape index (κ1) is 36.8. The zero-order chi connectivity index (χ0) is 35.8. The average Bonchev–Trinajstić information content (AvgIpc) is 3.64. The second-order valence-electron chi connectivity index (χ2n) is 16.3. The molecule has 50 heavy (non-hydrogen) atoms. The molecule has 6 N–H and O–H groups in total. The lowest BCUT2D eigenvalue weighted by Crippen LogP contribution is -2.69. The number of cyclic esters (lactones) is 1. The van der Waals surface area contributed by atoms with Gasteiger partial charge in [-0.15, -0.1) is 0 Å². The summed E-state index contributed by atoms with van der Waals surface area (Å²) in [7, 11) is 1.51. The number of esters is 1. The minimum Gasteiger partial charge on any atom is -0.458 e. The summed E-state index contributed by atoms with van der Waals surface area (Å²) in [5.41, 5.74) is -2.86. The fourth-order valence-corrected chi connectivity index (χ4v) is 11.5. The lowest BCUT2D eigenvalue weighted by molar-refractivity contribution is -0.346. The number of ether oxygens (including phenoxy) is 6. The Kier molecular flexibility index (Phi) is 9.84. The predicted octanol–water partition coefficient (Wildman–Crippen LogP) is 0.258. The Morgan fingerprint density at radius 2 is 1.72 bits per heavy atom. The quantitative estimate of drug-likeness (QED) is 0.113. The van der Waals surface area contributed by atoms with Crippen LogP contribution in [0.15, 0.2) is 11.6 Å². The molecule has 4 saturated carbocycles. The number of fused-ring (bicyclic) bond motifs is 5. The molecule has 15 unspecified atom stereocenters. The van der Waals surface area contributed by atoms with E-state index < -0.39 is 90.1 Å². The van der Waals surface area contributed by atoms with Crippen LogP contribution in [0.4, 0.5) is 0 Å². The van der Waals surface area contributed by atoms with E-state index in [0.29, 0.717) is 44.9 Å². The van der Waals surface area contributed by atoms with E-state index in [2.05, 4.69) is 6.92 Å². The molecule has 4 aliphatic carbocycles. The number of carbonyl (C=O) groups excluding carboxylic acids is 2. The molecule has 3 heterocycles. The molecule has 2 saturated heterocycles. The molecule has 0 aromatic carbocycles. The third-order valence-corrected chi connectivity index (χ3v) is 14.2. The van der Waals surface area contributed by atoms with Gasteiger partial charge < -0.3 is 63.9 Å². The van der Waals surface area contributed by atoms with Gasteiger partial charge in [-0.05, 0) is 81.6 Å². The van der Waals surface area contributed by atoms with E-state index >= 15 is 0 Å². The normalized spacial score (nSPS) is 53.5. The maximum absolute atomic E-state index is 13.2. The van der Waals surface area contributed by atoms with E-state index in [0.717, 1.165) is 18.3 Å². The minimum atomic E-state index is -1.58. The molecule has 0 spiro atoms. The van der Waals surface area contributed by atoms with Crippen LogP contribution in [0.5, 0.6) is 0 Å². The molecule has 14 heteroatoms. The molecule has 0 aromatic rings. The Morgan fingerprint density at radius 3 is 2.40 bits per heavy atom. The monoisotopic (exact) mass is 710 g/mol. The number of aldehydes is 1. The number of aliphatic hydroxyl groups is 6. The van der Waals surface area contributed by atoms with Crippen LogP contribution in [0.3, 0.4) is 0 Å². The molecule has 6 fully saturated rings.